The molecule has 1 N–H and O–H groups in total. The summed E-state index contributed by atoms with van der Waals surface area (Å²) in [6.07, 6.45) is 2.26. The Morgan fingerprint density at radius 3 is 2.83 bits per heavy atom. The lowest BCUT2D eigenvalue weighted by Crippen LogP contribution is -2.33. The van der Waals surface area contributed by atoms with Crippen molar-refractivity contribution in [2.24, 2.45) is 0 Å². The first-order valence-corrected chi connectivity index (χ1v) is 8.16. The lowest BCUT2D eigenvalue weighted by atomic mass is 9.77. The zero-order chi connectivity index (χ0) is 16.5. The number of aromatic nitrogens is 1. The van der Waals surface area contributed by atoms with Gasteiger partial charge in [-0.05, 0) is 29.7 Å². The highest BCUT2D eigenvalue weighted by atomic mass is 35.5. The molecule has 0 aliphatic heterocycles. The second kappa shape index (κ2) is 6.13. The van der Waals surface area contributed by atoms with Crippen molar-refractivity contribution in [1.82, 2.24) is 10.3 Å². The number of fused-ring (bicyclic) bond motifs is 1. The number of halogens is 1. The van der Waals surface area contributed by atoms with Crippen LogP contribution >= 0.6 is 11.6 Å². The number of carbonyl (C=O) groups excluding carboxylic acids is 1. The van der Waals surface area contributed by atoms with Crippen molar-refractivity contribution >= 4 is 17.5 Å². The summed E-state index contributed by atoms with van der Waals surface area (Å²) < 4.78 is 5.40. The topological polar surface area (TPSA) is 55.1 Å². The van der Waals surface area contributed by atoms with E-state index in [2.05, 4.69) is 22.4 Å². The minimum absolute atomic E-state index is 0.247. The molecule has 24 heavy (non-hydrogen) atoms. The smallest absolute Gasteiger partial charge is 0.273 e. The molecule has 2 aromatic carbocycles. The van der Waals surface area contributed by atoms with Gasteiger partial charge in [-0.3, -0.25) is 4.79 Å². The van der Waals surface area contributed by atoms with Crippen molar-refractivity contribution in [2.45, 2.75) is 12.3 Å². The fourth-order valence-electron chi connectivity index (χ4n) is 3.09. The van der Waals surface area contributed by atoms with Gasteiger partial charge in [0.2, 0.25) is 0 Å². The van der Waals surface area contributed by atoms with E-state index in [9.17, 15) is 4.79 Å². The second-order valence-electron chi connectivity index (χ2n) is 5.82. The van der Waals surface area contributed by atoms with Crippen LogP contribution in [-0.2, 0) is 6.42 Å². The molecule has 1 aromatic heterocycles. The molecule has 3 aromatic rings. The van der Waals surface area contributed by atoms with Gasteiger partial charge in [-0.25, -0.2) is 4.98 Å². The number of nitrogens with zero attached hydrogens (tertiary/aromatic N) is 1. The molecular formula is C19H15ClN2O2. The molecule has 4 rings (SSSR count). The first kappa shape index (κ1) is 15.0. The molecule has 0 saturated carbocycles. The average molecular weight is 339 g/mol. The minimum atomic E-state index is -0.247. The Bertz CT molecular complexity index is 904. The van der Waals surface area contributed by atoms with E-state index in [0.29, 0.717) is 28.8 Å². The molecule has 0 saturated heterocycles. The zero-order valence-corrected chi connectivity index (χ0v) is 13.6. The van der Waals surface area contributed by atoms with Crippen molar-refractivity contribution < 1.29 is 9.21 Å². The lowest BCUT2D eigenvalue weighted by molar-refractivity contribution is 0.0946. The third kappa shape index (κ3) is 2.59. The summed E-state index contributed by atoms with van der Waals surface area (Å²) in [5, 5.41) is 3.48. The van der Waals surface area contributed by atoms with Gasteiger partial charge in [0, 0.05) is 18.0 Å². The van der Waals surface area contributed by atoms with Crippen LogP contribution in [-0.4, -0.2) is 17.4 Å². The fourth-order valence-corrected chi connectivity index (χ4v) is 3.31. The molecule has 1 atom stereocenters. The summed E-state index contributed by atoms with van der Waals surface area (Å²) in [6, 6.07) is 15.5. The van der Waals surface area contributed by atoms with Crippen LogP contribution < -0.4 is 5.32 Å². The van der Waals surface area contributed by atoms with Crippen molar-refractivity contribution in [3.63, 3.8) is 0 Å². The maximum absolute atomic E-state index is 12.5. The Balaban J connectivity index is 1.49. The number of hydrogen-bond acceptors (Lipinski definition) is 3. The van der Waals surface area contributed by atoms with E-state index in [1.54, 1.807) is 6.07 Å². The first-order valence-electron chi connectivity index (χ1n) is 7.78. The third-order valence-corrected chi connectivity index (χ3v) is 4.70. The molecular weight excluding hydrogens is 324 g/mol. The first-order chi connectivity index (χ1) is 11.7. The maximum atomic E-state index is 12.5. The quantitative estimate of drug-likeness (QED) is 0.780. The van der Waals surface area contributed by atoms with E-state index in [1.807, 2.05) is 30.3 Å². The number of rotatable bonds is 4. The number of carbonyl (C=O) groups is 1. The van der Waals surface area contributed by atoms with E-state index in [-0.39, 0.29) is 11.6 Å². The Kier molecular flexibility index (Phi) is 3.82. The number of nitrogens with one attached hydrogen (secondary N) is 1. The molecule has 0 bridgehead atoms. The van der Waals surface area contributed by atoms with Gasteiger partial charge in [0.15, 0.2) is 17.8 Å². The molecule has 0 fully saturated rings. The standard InChI is InChI=1S/C19H15ClN2O2/c20-16-8-4-3-7-15(16)18-17(22-11-24-18)19(23)21-10-13-9-12-5-1-2-6-14(12)13/h1-8,11,13H,9-10H2,(H,21,23)/t13-/m1/s1. The highest BCUT2D eigenvalue weighted by Gasteiger charge is 2.27. The van der Waals surface area contributed by atoms with Crippen molar-refractivity contribution in [3.8, 4) is 11.3 Å². The van der Waals surface area contributed by atoms with E-state index in [1.165, 1.54) is 17.5 Å². The molecule has 1 amide bonds. The Morgan fingerprint density at radius 2 is 2.00 bits per heavy atom. The second-order valence-corrected chi connectivity index (χ2v) is 6.23. The molecule has 1 aliphatic carbocycles. The SMILES string of the molecule is O=C(NC[C@H]1Cc2ccccc21)c1ncoc1-c1ccccc1Cl. The molecule has 1 aliphatic rings. The van der Waals surface area contributed by atoms with Gasteiger partial charge in [0.1, 0.15) is 0 Å². The molecule has 0 unspecified atom stereocenters. The van der Waals surface area contributed by atoms with Crippen LogP contribution in [0.3, 0.4) is 0 Å². The van der Waals surface area contributed by atoms with Gasteiger partial charge in [-0.2, -0.15) is 0 Å². The molecule has 1 heterocycles. The van der Waals surface area contributed by atoms with Crippen LogP contribution in [0, 0.1) is 0 Å². The van der Waals surface area contributed by atoms with Crippen LogP contribution in [0.1, 0.15) is 27.5 Å². The Labute approximate surface area is 144 Å². The highest BCUT2D eigenvalue weighted by Crippen LogP contribution is 2.34. The lowest BCUT2D eigenvalue weighted by Gasteiger charge is -2.30. The molecule has 4 nitrogen and oxygen atoms in total. The normalized spacial score (nSPS) is 15.5. The van der Waals surface area contributed by atoms with Crippen LogP contribution in [0.25, 0.3) is 11.3 Å². The molecule has 0 radical (unpaired) electrons. The van der Waals surface area contributed by atoms with Gasteiger partial charge in [-0.15, -0.1) is 0 Å². The van der Waals surface area contributed by atoms with Gasteiger partial charge >= 0.3 is 0 Å². The average Bonchev–Trinajstić information content (AvgIpc) is 3.05. The van der Waals surface area contributed by atoms with Crippen LogP contribution in [0.5, 0.6) is 0 Å². The van der Waals surface area contributed by atoms with Crippen LogP contribution in [0.15, 0.2) is 59.3 Å². The van der Waals surface area contributed by atoms with Crippen molar-refractivity contribution in [1.29, 1.82) is 0 Å². The van der Waals surface area contributed by atoms with E-state index < -0.39 is 0 Å². The van der Waals surface area contributed by atoms with Crippen LogP contribution in [0.4, 0.5) is 0 Å². The number of oxazole rings is 1. The Morgan fingerprint density at radius 1 is 1.21 bits per heavy atom. The summed E-state index contributed by atoms with van der Waals surface area (Å²) >= 11 is 6.19. The molecule has 0 spiro atoms. The summed E-state index contributed by atoms with van der Waals surface area (Å²) in [4.78, 5) is 16.6. The van der Waals surface area contributed by atoms with E-state index in [4.69, 9.17) is 16.0 Å². The van der Waals surface area contributed by atoms with Gasteiger partial charge < -0.3 is 9.73 Å². The van der Waals surface area contributed by atoms with Crippen LogP contribution in [0.2, 0.25) is 5.02 Å². The minimum Gasteiger partial charge on any atom is -0.443 e. The number of amides is 1. The predicted octanol–water partition coefficient (Wildman–Crippen LogP) is 4.06. The Hall–Kier alpha value is -2.59. The number of hydrogen-bond donors (Lipinski definition) is 1. The number of benzene rings is 2. The molecule has 5 heteroatoms. The van der Waals surface area contributed by atoms with E-state index in [0.717, 1.165) is 6.42 Å². The summed E-state index contributed by atoms with van der Waals surface area (Å²) in [5.74, 6) is 0.510. The summed E-state index contributed by atoms with van der Waals surface area (Å²) in [5.41, 5.74) is 3.59. The predicted molar refractivity (Wildman–Crippen MR) is 92.2 cm³/mol. The third-order valence-electron chi connectivity index (χ3n) is 4.37. The molecule has 120 valence electrons. The van der Waals surface area contributed by atoms with Crippen molar-refractivity contribution in [2.75, 3.05) is 6.54 Å². The zero-order valence-electron chi connectivity index (χ0n) is 12.8. The van der Waals surface area contributed by atoms with Gasteiger partial charge in [0.25, 0.3) is 5.91 Å². The van der Waals surface area contributed by atoms with E-state index >= 15 is 0 Å². The fraction of sp³-hybridized carbons (Fsp3) is 0.158. The largest absolute Gasteiger partial charge is 0.443 e. The summed E-state index contributed by atoms with van der Waals surface area (Å²) in [6.45, 7) is 0.588. The van der Waals surface area contributed by atoms with Crippen molar-refractivity contribution in [3.05, 3.63) is 76.8 Å². The summed E-state index contributed by atoms with van der Waals surface area (Å²) in [7, 11) is 0. The maximum Gasteiger partial charge on any atom is 0.273 e. The monoisotopic (exact) mass is 338 g/mol. The van der Waals surface area contributed by atoms with Gasteiger partial charge in [-0.1, -0.05) is 48.0 Å². The highest BCUT2D eigenvalue weighted by molar-refractivity contribution is 6.33. The van der Waals surface area contributed by atoms with Gasteiger partial charge in [0.05, 0.1) is 5.02 Å².